The van der Waals surface area contributed by atoms with Gasteiger partial charge in [0.15, 0.2) is 0 Å². The van der Waals surface area contributed by atoms with Crippen LogP contribution in [0.25, 0.3) is 0 Å². The fraction of sp³-hybridized carbons (Fsp3) is 0.231. The average Bonchev–Trinajstić information content (AvgIpc) is 2.69. The maximum atomic E-state index is 12.5. The third-order valence-corrected chi connectivity index (χ3v) is 6.38. The molecule has 0 bridgehead atoms. The van der Waals surface area contributed by atoms with Crippen LogP contribution in [0.5, 0.6) is 0 Å². The van der Waals surface area contributed by atoms with E-state index >= 15 is 0 Å². The van der Waals surface area contributed by atoms with Crippen LogP contribution >= 0.6 is 54.8 Å². The van der Waals surface area contributed by atoms with Crippen molar-refractivity contribution in [3.63, 3.8) is 0 Å². The first-order valence-electron chi connectivity index (χ1n) is 5.52. The molecule has 0 fully saturated rings. The molecule has 1 aromatic carbocycles. The highest BCUT2D eigenvalue weighted by molar-refractivity contribution is 9.10. The Labute approximate surface area is 140 Å². The van der Waals surface area contributed by atoms with E-state index in [-0.39, 0.29) is 4.83 Å². The fourth-order valence-corrected chi connectivity index (χ4v) is 4.16. The molecule has 0 amide bonds. The van der Waals surface area contributed by atoms with E-state index in [2.05, 4.69) is 31.9 Å². The van der Waals surface area contributed by atoms with Gasteiger partial charge in [0, 0.05) is 9.35 Å². The Morgan fingerprint density at radius 3 is 2.25 bits per heavy atom. The Kier molecular flexibility index (Phi) is 5.21. The monoisotopic (exact) mass is 446 g/mol. The number of thiophene rings is 1. The third kappa shape index (κ3) is 4.00. The molecule has 1 heterocycles. The Morgan fingerprint density at radius 2 is 1.80 bits per heavy atom. The van der Waals surface area contributed by atoms with E-state index in [1.165, 1.54) is 23.5 Å². The Balaban J connectivity index is 2.10. The molecule has 0 saturated heterocycles. The highest BCUT2D eigenvalue weighted by Gasteiger charge is 2.30. The predicted molar refractivity (Wildman–Crippen MR) is 83.8 cm³/mol. The third-order valence-electron chi connectivity index (χ3n) is 2.67. The van der Waals surface area contributed by atoms with Crippen LogP contribution in [0.3, 0.4) is 0 Å². The van der Waals surface area contributed by atoms with Gasteiger partial charge < -0.3 is 0 Å². The van der Waals surface area contributed by atoms with Gasteiger partial charge in [0.25, 0.3) is 0 Å². The molecule has 0 saturated carbocycles. The molecule has 2 rings (SSSR count). The summed E-state index contributed by atoms with van der Waals surface area (Å²) in [5.41, 5.74) is 0.204. The van der Waals surface area contributed by atoms with E-state index in [4.69, 9.17) is 11.6 Å². The van der Waals surface area contributed by atoms with E-state index in [9.17, 15) is 13.2 Å². The molecule has 2 aromatic rings. The van der Waals surface area contributed by atoms with Crippen molar-refractivity contribution >= 4 is 54.8 Å². The van der Waals surface area contributed by atoms with Crippen molar-refractivity contribution in [2.45, 2.75) is 17.4 Å². The lowest BCUT2D eigenvalue weighted by atomic mass is 10.1. The number of hydrogen-bond donors (Lipinski definition) is 0. The van der Waals surface area contributed by atoms with Crippen LogP contribution in [0.4, 0.5) is 13.2 Å². The molecular weight excluding hydrogens is 440 g/mol. The molecular formula is C13H8Br2ClF3S. The van der Waals surface area contributed by atoms with Crippen LogP contribution in [0.2, 0.25) is 4.34 Å². The largest absolute Gasteiger partial charge is 0.416 e. The van der Waals surface area contributed by atoms with Gasteiger partial charge in [-0.05, 0) is 46.1 Å². The normalized spacial score (nSPS) is 13.5. The minimum Gasteiger partial charge on any atom is -0.166 e. The van der Waals surface area contributed by atoms with Crippen LogP contribution in [0.15, 0.2) is 34.8 Å². The molecule has 1 unspecified atom stereocenters. The van der Waals surface area contributed by atoms with Crippen molar-refractivity contribution in [1.82, 2.24) is 0 Å². The van der Waals surface area contributed by atoms with Crippen molar-refractivity contribution < 1.29 is 13.2 Å². The summed E-state index contributed by atoms with van der Waals surface area (Å²) in [7, 11) is 0. The van der Waals surface area contributed by atoms with Gasteiger partial charge in [0.1, 0.15) is 4.34 Å². The highest BCUT2D eigenvalue weighted by atomic mass is 79.9. The van der Waals surface area contributed by atoms with Gasteiger partial charge in [-0.2, -0.15) is 13.2 Å². The zero-order chi connectivity index (χ0) is 14.9. The Bertz CT molecular complexity index is 573. The quantitative estimate of drug-likeness (QED) is 0.450. The SMILES string of the molecule is FC(F)(F)c1ccc(CC(Br)c2cc(Br)c(Cl)s2)cc1. The average molecular weight is 449 g/mol. The molecule has 1 aromatic heterocycles. The number of benzene rings is 1. The zero-order valence-corrected chi connectivity index (χ0v) is 14.6. The summed E-state index contributed by atoms with van der Waals surface area (Å²) in [6.07, 6.45) is -3.69. The van der Waals surface area contributed by atoms with Crippen molar-refractivity contribution in [2.75, 3.05) is 0 Å². The van der Waals surface area contributed by atoms with Gasteiger partial charge in [-0.3, -0.25) is 0 Å². The predicted octanol–water partition coefficient (Wildman–Crippen LogP) is 6.86. The summed E-state index contributed by atoms with van der Waals surface area (Å²) in [5, 5.41) is 0. The molecule has 7 heteroatoms. The van der Waals surface area contributed by atoms with Crippen LogP contribution in [-0.2, 0) is 12.6 Å². The lowest BCUT2D eigenvalue weighted by Gasteiger charge is -2.10. The number of rotatable bonds is 3. The maximum Gasteiger partial charge on any atom is 0.416 e. The lowest BCUT2D eigenvalue weighted by Crippen LogP contribution is -2.04. The first-order valence-corrected chi connectivity index (χ1v) is 8.42. The summed E-state index contributed by atoms with van der Waals surface area (Å²) >= 11 is 14.3. The van der Waals surface area contributed by atoms with Crippen molar-refractivity contribution in [1.29, 1.82) is 0 Å². The van der Waals surface area contributed by atoms with Crippen molar-refractivity contribution in [2.24, 2.45) is 0 Å². The fourth-order valence-electron chi connectivity index (χ4n) is 1.66. The number of hydrogen-bond acceptors (Lipinski definition) is 1. The molecule has 0 nitrogen and oxygen atoms in total. The topological polar surface area (TPSA) is 0 Å². The van der Waals surface area contributed by atoms with E-state index in [0.717, 1.165) is 27.0 Å². The smallest absolute Gasteiger partial charge is 0.166 e. The highest BCUT2D eigenvalue weighted by Crippen LogP contribution is 2.39. The molecule has 0 aliphatic rings. The zero-order valence-electron chi connectivity index (χ0n) is 9.85. The van der Waals surface area contributed by atoms with Gasteiger partial charge in [0.05, 0.1) is 10.4 Å². The van der Waals surface area contributed by atoms with Gasteiger partial charge >= 0.3 is 6.18 Å². The summed E-state index contributed by atoms with van der Waals surface area (Å²) in [6, 6.07) is 7.12. The van der Waals surface area contributed by atoms with Gasteiger partial charge in [0.2, 0.25) is 0 Å². The lowest BCUT2D eigenvalue weighted by molar-refractivity contribution is -0.137. The second kappa shape index (κ2) is 6.38. The number of alkyl halides is 4. The second-order valence-electron chi connectivity index (χ2n) is 4.14. The van der Waals surface area contributed by atoms with Gasteiger partial charge in [-0.1, -0.05) is 39.7 Å². The Hall–Kier alpha value is -0.0400. The molecule has 0 N–H and O–H groups in total. The van der Waals surface area contributed by atoms with E-state index in [0.29, 0.717) is 10.8 Å². The number of halogens is 6. The molecule has 0 aliphatic heterocycles. The molecule has 1 atom stereocenters. The standard InChI is InChI=1S/C13H8Br2ClF3S/c14-9(11-6-10(15)12(16)20-11)5-7-1-3-8(4-2-7)13(17,18)19/h1-4,6,9H,5H2. The van der Waals surface area contributed by atoms with Crippen molar-refractivity contribution in [3.8, 4) is 0 Å². The molecule has 0 radical (unpaired) electrons. The molecule has 108 valence electrons. The summed E-state index contributed by atoms with van der Waals surface area (Å²) < 4.78 is 38.9. The van der Waals surface area contributed by atoms with Gasteiger partial charge in [-0.15, -0.1) is 11.3 Å². The van der Waals surface area contributed by atoms with Crippen LogP contribution in [-0.4, -0.2) is 0 Å². The summed E-state index contributed by atoms with van der Waals surface area (Å²) in [4.78, 5) is 1.05. The first kappa shape index (κ1) is 16.3. The van der Waals surface area contributed by atoms with E-state index in [1.807, 2.05) is 6.07 Å². The summed E-state index contributed by atoms with van der Waals surface area (Å²) in [6.45, 7) is 0. The van der Waals surface area contributed by atoms with Crippen LogP contribution in [0.1, 0.15) is 20.8 Å². The first-order chi connectivity index (χ1) is 9.27. The van der Waals surface area contributed by atoms with Crippen LogP contribution in [0, 0.1) is 0 Å². The summed E-state index contributed by atoms with van der Waals surface area (Å²) in [5.74, 6) is 0. The minimum absolute atomic E-state index is 0.0213. The Morgan fingerprint density at radius 1 is 1.20 bits per heavy atom. The molecule has 0 spiro atoms. The van der Waals surface area contributed by atoms with E-state index < -0.39 is 11.7 Å². The maximum absolute atomic E-state index is 12.5. The van der Waals surface area contributed by atoms with Gasteiger partial charge in [-0.25, -0.2) is 0 Å². The second-order valence-corrected chi connectivity index (χ2v) is 7.78. The molecule has 0 aliphatic carbocycles. The molecule has 20 heavy (non-hydrogen) atoms. The van der Waals surface area contributed by atoms with Crippen molar-refractivity contribution in [3.05, 3.63) is 55.1 Å². The van der Waals surface area contributed by atoms with Crippen LogP contribution < -0.4 is 0 Å². The minimum atomic E-state index is -4.29. The van der Waals surface area contributed by atoms with E-state index in [1.54, 1.807) is 0 Å².